The van der Waals surface area contributed by atoms with Crippen LogP contribution in [0.5, 0.6) is 5.75 Å². The molecule has 1 aromatic carbocycles. The van der Waals surface area contributed by atoms with Crippen LogP contribution in [0, 0.1) is 12.8 Å². The first-order valence-electron chi connectivity index (χ1n) is 10.7. The predicted molar refractivity (Wildman–Crippen MR) is 124 cm³/mol. The van der Waals surface area contributed by atoms with Crippen LogP contribution >= 0.6 is 12.4 Å². The Balaban J connectivity index is 0.00000289. The molecule has 1 N–H and O–H groups in total. The number of amides is 1. The Morgan fingerprint density at radius 2 is 1.94 bits per heavy atom. The molecule has 0 spiro atoms. The van der Waals surface area contributed by atoms with E-state index in [1.165, 1.54) is 0 Å². The summed E-state index contributed by atoms with van der Waals surface area (Å²) in [5, 5.41) is 6.97. The number of carbonyl (C=O) groups is 1. The average molecular weight is 460 g/mol. The van der Waals surface area contributed by atoms with E-state index in [0.717, 1.165) is 54.7 Å². The molecule has 1 aliphatic rings. The number of benzene rings is 1. The van der Waals surface area contributed by atoms with Crippen LogP contribution in [0.25, 0.3) is 11.3 Å². The predicted octanol–water partition coefficient (Wildman–Crippen LogP) is 4.88. The van der Waals surface area contributed by atoms with Gasteiger partial charge in [-0.3, -0.25) is 9.69 Å². The maximum atomic E-state index is 12.8. The fourth-order valence-corrected chi connectivity index (χ4v) is 3.94. The smallest absolute Gasteiger partial charge is 0.273 e. The fraction of sp³-hybridized carbons (Fsp3) is 0.417. The van der Waals surface area contributed by atoms with Crippen molar-refractivity contribution >= 4 is 18.3 Å². The van der Waals surface area contributed by atoms with E-state index in [1.807, 2.05) is 43.3 Å². The molecular formula is C24H30ClN3O4. The van der Waals surface area contributed by atoms with E-state index in [-0.39, 0.29) is 30.0 Å². The molecule has 8 heteroatoms. The van der Waals surface area contributed by atoms with Gasteiger partial charge in [0.2, 0.25) is 0 Å². The van der Waals surface area contributed by atoms with Crippen molar-refractivity contribution in [1.29, 1.82) is 0 Å². The molecule has 4 rings (SSSR count). The number of hydrogen-bond donors (Lipinski definition) is 1. The van der Waals surface area contributed by atoms with Gasteiger partial charge in [-0.25, -0.2) is 0 Å². The second-order valence-electron chi connectivity index (χ2n) is 8.20. The van der Waals surface area contributed by atoms with Crippen molar-refractivity contribution in [1.82, 2.24) is 15.4 Å². The zero-order valence-electron chi connectivity index (χ0n) is 18.7. The van der Waals surface area contributed by atoms with Gasteiger partial charge in [-0.1, -0.05) is 12.1 Å². The highest BCUT2D eigenvalue weighted by Crippen LogP contribution is 2.28. The number of ether oxygens (including phenoxy) is 1. The largest absolute Gasteiger partial charge is 0.497 e. The lowest BCUT2D eigenvalue weighted by Gasteiger charge is -2.35. The summed E-state index contributed by atoms with van der Waals surface area (Å²) in [6.45, 7) is 6.66. The minimum atomic E-state index is -0.262. The van der Waals surface area contributed by atoms with Crippen LogP contribution in [-0.4, -0.2) is 42.7 Å². The van der Waals surface area contributed by atoms with Crippen LogP contribution < -0.4 is 10.1 Å². The summed E-state index contributed by atoms with van der Waals surface area (Å²) >= 11 is 0. The van der Waals surface area contributed by atoms with Gasteiger partial charge in [0, 0.05) is 18.2 Å². The number of hydrogen-bond acceptors (Lipinski definition) is 6. The summed E-state index contributed by atoms with van der Waals surface area (Å²) in [5.74, 6) is 3.52. The first-order valence-corrected chi connectivity index (χ1v) is 10.7. The lowest BCUT2D eigenvalue weighted by atomic mass is 9.97. The molecule has 32 heavy (non-hydrogen) atoms. The molecule has 1 fully saturated rings. The lowest BCUT2D eigenvalue weighted by molar-refractivity contribution is 0.0887. The number of aromatic nitrogens is 1. The number of aryl methyl sites for hydroxylation is 1. The maximum absolute atomic E-state index is 12.8. The van der Waals surface area contributed by atoms with E-state index in [2.05, 4.69) is 22.3 Å². The van der Waals surface area contributed by atoms with Gasteiger partial charge in [-0.05, 0) is 75.2 Å². The summed E-state index contributed by atoms with van der Waals surface area (Å²) in [5.41, 5.74) is 1.09. The fourth-order valence-electron chi connectivity index (χ4n) is 3.94. The molecule has 0 bridgehead atoms. The standard InChI is InChI=1S/C24H29N3O4.ClH/c1-16-10-12-27(13-11-16)21(22-9-4-17(2)30-22)15-25-24(28)20-14-23(31-26-20)18-5-7-19(29-3)8-6-18;/h4-9,14,16,21H,10-13,15H2,1-3H3,(H,25,28);1H. The SMILES string of the molecule is COc1ccc(-c2cc(C(=O)NCC(c3ccc(C)o3)N3CCC(C)CC3)no2)cc1.Cl. The maximum Gasteiger partial charge on any atom is 0.273 e. The average Bonchev–Trinajstić information content (AvgIpc) is 3.45. The van der Waals surface area contributed by atoms with Gasteiger partial charge in [-0.2, -0.15) is 0 Å². The Kier molecular flexibility index (Phi) is 7.99. The molecule has 0 aliphatic carbocycles. The zero-order chi connectivity index (χ0) is 21.8. The Morgan fingerprint density at radius 1 is 1.22 bits per heavy atom. The normalized spacial score (nSPS) is 15.7. The van der Waals surface area contributed by atoms with Crippen LogP contribution in [0.1, 0.15) is 47.8 Å². The molecule has 2 aromatic heterocycles. The second kappa shape index (κ2) is 10.7. The third-order valence-corrected chi connectivity index (χ3v) is 5.92. The quantitative estimate of drug-likeness (QED) is 0.542. The van der Waals surface area contributed by atoms with Gasteiger partial charge in [0.1, 0.15) is 17.3 Å². The van der Waals surface area contributed by atoms with E-state index in [0.29, 0.717) is 12.3 Å². The molecule has 172 valence electrons. The van der Waals surface area contributed by atoms with Crippen molar-refractivity contribution < 1.29 is 18.5 Å². The highest BCUT2D eigenvalue weighted by atomic mass is 35.5. The van der Waals surface area contributed by atoms with Gasteiger partial charge in [0.15, 0.2) is 11.5 Å². The van der Waals surface area contributed by atoms with E-state index >= 15 is 0 Å². The first-order chi connectivity index (χ1) is 15.0. The molecule has 3 heterocycles. The number of likely N-dealkylation sites (tertiary alicyclic amines) is 1. The lowest BCUT2D eigenvalue weighted by Crippen LogP contribution is -2.41. The van der Waals surface area contributed by atoms with E-state index in [9.17, 15) is 4.79 Å². The van der Waals surface area contributed by atoms with Crippen molar-refractivity contribution in [3.63, 3.8) is 0 Å². The Morgan fingerprint density at radius 3 is 2.56 bits per heavy atom. The van der Waals surface area contributed by atoms with E-state index in [1.54, 1.807) is 13.2 Å². The molecule has 1 saturated heterocycles. The molecule has 3 aromatic rings. The minimum absolute atomic E-state index is 0. The van der Waals surface area contributed by atoms with Crippen molar-refractivity contribution in [2.45, 2.75) is 32.7 Å². The number of nitrogens with zero attached hydrogens (tertiary/aromatic N) is 2. The van der Waals surface area contributed by atoms with Crippen LogP contribution in [-0.2, 0) is 0 Å². The number of furan rings is 1. The summed E-state index contributed by atoms with van der Waals surface area (Å²) in [4.78, 5) is 15.2. The van der Waals surface area contributed by atoms with Gasteiger partial charge in [0.25, 0.3) is 5.91 Å². The van der Waals surface area contributed by atoms with Gasteiger partial charge in [0.05, 0.1) is 13.2 Å². The second-order valence-corrected chi connectivity index (χ2v) is 8.20. The Labute approximate surface area is 194 Å². The molecule has 7 nitrogen and oxygen atoms in total. The minimum Gasteiger partial charge on any atom is -0.497 e. The number of nitrogens with one attached hydrogen (secondary N) is 1. The first kappa shape index (κ1) is 23.9. The van der Waals surface area contributed by atoms with Gasteiger partial charge in [-0.15, -0.1) is 12.4 Å². The number of methoxy groups -OCH3 is 1. The molecule has 1 aliphatic heterocycles. The van der Waals surface area contributed by atoms with E-state index < -0.39 is 0 Å². The molecule has 1 atom stereocenters. The molecule has 1 amide bonds. The molecule has 0 saturated carbocycles. The van der Waals surface area contributed by atoms with Crippen molar-refractivity contribution in [3.8, 4) is 17.1 Å². The topological polar surface area (TPSA) is 80.7 Å². The van der Waals surface area contributed by atoms with Crippen LogP contribution in [0.15, 0.2) is 51.4 Å². The summed E-state index contributed by atoms with van der Waals surface area (Å²) in [7, 11) is 1.62. The monoisotopic (exact) mass is 459 g/mol. The number of piperidine rings is 1. The molecular weight excluding hydrogens is 430 g/mol. The Bertz CT molecular complexity index is 1010. The van der Waals surface area contributed by atoms with Crippen molar-refractivity contribution in [2.75, 3.05) is 26.7 Å². The summed E-state index contributed by atoms with van der Waals surface area (Å²) in [6, 6.07) is 13.0. The third kappa shape index (κ3) is 5.53. The zero-order valence-corrected chi connectivity index (χ0v) is 19.5. The van der Waals surface area contributed by atoms with Crippen molar-refractivity contribution in [3.05, 3.63) is 59.7 Å². The number of halogens is 1. The highest BCUT2D eigenvalue weighted by molar-refractivity contribution is 5.93. The summed E-state index contributed by atoms with van der Waals surface area (Å²) < 4.78 is 16.5. The third-order valence-electron chi connectivity index (χ3n) is 5.92. The van der Waals surface area contributed by atoms with E-state index in [4.69, 9.17) is 13.7 Å². The molecule has 0 radical (unpaired) electrons. The van der Waals surface area contributed by atoms with Gasteiger partial charge < -0.3 is 19.0 Å². The van der Waals surface area contributed by atoms with Crippen LogP contribution in [0.3, 0.4) is 0 Å². The number of rotatable bonds is 7. The number of carbonyl (C=O) groups excluding carboxylic acids is 1. The molecule has 1 unspecified atom stereocenters. The van der Waals surface area contributed by atoms with Crippen LogP contribution in [0.4, 0.5) is 0 Å². The van der Waals surface area contributed by atoms with Crippen molar-refractivity contribution in [2.24, 2.45) is 5.92 Å². The van der Waals surface area contributed by atoms with Crippen LogP contribution in [0.2, 0.25) is 0 Å². The summed E-state index contributed by atoms with van der Waals surface area (Å²) in [6.07, 6.45) is 2.30. The Hall–Kier alpha value is -2.77. The van der Waals surface area contributed by atoms with Gasteiger partial charge >= 0.3 is 0 Å². The highest BCUT2D eigenvalue weighted by Gasteiger charge is 2.27.